The van der Waals surface area contributed by atoms with Crippen LogP contribution in [0, 0.1) is 6.92 Å². The molecule has 7 nitrogen and oxygen atoms in total. The monoisotopic (exact) mass is 439 g/mol. The first-order chi connectivity index (χ1) is 15.5. The smallest absolute Gasteiger partial charge is 0.287 e. The molecule has 172 valence electrons. The van der Waals surface area contributed by atoms with Crippen molar-refractivity contribution in [2.24, 2.45) is 0 Å². The number of rotatable bonds is 10. The van der Waals surface area contributed by atoms with E-state index in [1.54, 1.807) is 17.0 Å². The van der Waals surface area contributed by atoms with Crippen molar-refractivity contribution in [3.8, 4) is 0 Å². The molecule has 2 aromatic rings. The fourth-order valence-electron chi connectivity index (χ4n) is 4.17. The van der Waals surface area contributed by atoms with Crippen LogP contribution in [0.3, 0.4) is 0 Å². The summed E-state index contributed by atoms with van der Waals surface area (Å²) in [6.07, 6.45) is 7.20. The number of carbonyl (C=O) groups is 3. The van der Waals surface area contributed by atoms with E-state index >= 15 is 0 Å². The zero-order chi connectivity index (χ0) is 22.9. The lowest BCUT2D eigenvalue weighted by molar-refractivity contribution is -0.140. The van der Waals surface area contributed by atoms with Crippen LogP contribution in [0.1, 0.15) is 73.2 Å². The molecule has 1 atom stereocenters. The van der Waals surface area contributed by atoms with Gasteiger partial charge in [-0.05, 0) is 49.4 Å². The van der Waals surface area contributed by atoms with Gasteiger partial charge in [0.05, 0.1) is 12.8 Å². The van der Waals surface area contributed by atoms with E-state index in [2.05, 4.69) is 10.6 Å². The van der Waals surface area contributed by atoms with Crippen molar-refractivity contribution in [2.45, 2.75) is 64.5 Å². The highest BCUT2D eigenvalue weighted by Crippen LogP contribution is 2.27. The summed E-state index contributed by atoms with van der Waals surface area (Å²) in [5.74, 6) is -0.768. The van der Waals surface area contributed by atoms with Crippen molar-refractivity contribution in [1.82, 2.24) is 15.5 Å². The highest BCUT2D eigenvalue weighted by Gasteiger charge is 2.33. The molecule has 1 aliphatic carbocycles. The number of amides is 3. The fraction of sp³-hybridized carbons (Fsp3) is 0.480. The summed E-state index contributed by atoms with van der Waals surface area (Å²) in [5, 5.41) is 5.79. The zero-order valence-corrected chi connectivity index (χ0v) is 18.9. The van der Waals surface area contributed by atoms with Gasteiger partial charge in [-0.25, -0.2) is 0 Å². The second-order valence-electron chi connectivity index (χ2n) is 8.35. The number of nitrogens with zero attached hydrogens (tertiary/aromatic N) is 1. The van der Waals surface area contributed by atoms with Crippen molar-refractivity contribution in [3.05, 3.63) is 59.5 Å². The topological polar surface area (TPSA) is 91.7 Å². The third-order valence-electron chi connectivity index (χ3n) is 5.96. The lowest BCUT2D eigenvalue weighted by atomic mass is 9.98. The van der Waals surface area contributed by atoms with Gasteiger partial charge in [-0.2, -0.15) is 0 Å². The Morgan fingerprint density at radius 1 is 1.12 bits per heavy atom. The van der Waals surface area contributed by atoms with Crippen molar-refractivity contribution >= 4 is 17.7 Å². The van der Waals surface area contributed by atoms with Gasteiger partial charge in [-0.3, -0.25) is 14.4 Å². The van der Waals surface area contributed by atoms with Gasteiger partial charge in [0, 0.05) is 12.6 Å². The maximum atomic E-state index is 13.5. The predicted molar refractivity (Wildman–Crippen MR) is 122 cm³/mol. The lowest BCUT2D eigenvalue weighted by Crippen LogP contribution is -2.49. The second-order valence-corrected chi connectivity index (χ2v) is 8.35. The Labute approximate surface area is 189 Å². The van der Waals surface area contributed by atoms with Gasteiger partial charge in [0.15, 0.2) is 5.76 Å². The molecule has 2 N–H and O–H groups in total. The van der Waals surface area contributed by atoms with Gasteiger partial charge >= 0.3 is 0 Å². The van der Waals surface area contributed by atoms with Crippen LogP contribution in [0.2, 0.25) is 0 Å². The number of nitrogens with one attached hydrogen (secondary N) is 2. The maximum absolute atomic E-state index is 13.5. The van der Waals surface area contributed by atoms with E-state index in [0.717, 1.165) is 49.7 Å². The lowest BCUT2D eigenvalue weighted by Gasteiger charge is -2.33. The standard InChI is InChI=1S/C25H33N3O4/c1-3-4-15-28(22(29)17-26-24(30)21-14-9-16-32-21)23(20-13-8-5-10-18(20)2)25(31)27-19-11-6-7-12-19/h5,8-10,13-14,16,19,23H,3-4,6-7,11-12,15,17H2,1-2H3,(H,26,30)(H,27,31). The van der Waals surface area contributed by atoms with Crippen LogP contribution in [-0.4, -0.2) is 41.8 Å². The van der Waals surface area contributed by atoms with Gasteiger partial charge < -0.3 is 20.0 Å². The Hall–Kier alpha value is -3.09. The summed E-state index contributed by atoms with van der Waals surface area (Å²) in [4.78, 5) is 40.6. The van der Waals surface area contributed by atoms with Crippen molar-refractivity contribution in [2.75, 3.05) is 13.1 Å². The largest absolute Gasteiger partial charge is 0.459 e. The summed E-state index contributed by atoms with van der Waals surface area (Å²) in [5.41, 5.74) is 1.76. The first-order valence-electron chi connectivity index (χ1n) is 11.5. The average molecular weight is 440 g/mol. The normalized spacial score (nSPS) is 14.7. The first kappa shape index (κ1) is 23.6. The molecule has 1 aromatic heterocycles. The molecule has 3 rings (SSSR count). The van der Waals surface area contributed by atoms with Crippen LogP contribution in [-0.2, 0) is 9.59 Å². The molecule has 32 heavy (non-hydrogen) atoms. The predicted octanol–water partition coefficient (Wildman–Crippen LogP) is 3.75. The average Bonchev–Trinajstić information content (AvgIpc) is 3.50. The Morgan fingerprint density at radius 2 is 1.88 bits per heavy atom. The highest BCUT2D eigenvalue weighted by molar-refractivity contribution is 5.95. The molecule has 1 heterocycles. The van der Waals surface area contributed by atoms with Crippen LogP contribution in [0.25, 0.3) is 0 Å². The summed E-state index contributed by atoms with van der Waals surface area (Å²) in [7, 11) is 0. The third kappa shape index (κ3) is 5.99. The summed E-state index contributed by atoms with van der Waals surface area (Å²) < 4.78 is 5.10. The molecule has 0 spiro atoms. The second kappa shape index (κ2) is 11.5. The Kier molecular flexibility index (Phi) is 8.48. The summed E-state index contributed by atoms with van der Waals surface area (Å²) in [6.45, 7) is 4.22. The van der Waals surface area contributed by atoms with E-state index in [9.17, 15) is 14.4 Å². The number of hydrogen-bond acceptors (Lipinski definition) is 4. The van der Waals surface area contributed by atoms with Crippen LogP contribution in [0.4, 0.5) is 0 Å². The van der Waals surface area contributed by atoms with Crippen LogP contribution >= 0.6 is 0 Å². The molecule has 1 unspecified atom stereocenters. The van der Waals surface area contributed by atoms with Crippen molar-refractivity contribution < 1.29 is 18.8 Å². The molecule has 0 radical (unpaired) electrons. The molecule has 0 bridgehead atoms. The van der Waals surface area contributed by atoms with E-state index in [4.69, 9.17) is 4.42 Å². The number of carbonyl (C=O) groups excluding carboxylic acids is 3. The molecular formula is C25H33N3O4. The van der Waals surface area contributed by atoms with Crippen LogP contribution in [0.5, 0.6) is 0 Å². The van der Waals surface area contributed by atoms with E-state index < -0.39 is 11.9 Å². The molecule has 7 heteroatoms. The van der Waals surface area contributed by atoms with Crippen molar-refractivity contribution in [3.63, 3.8) is 0 Å². The van der Waals surface area contributed by atoms with Crippen LogP contribution in [0.15, 0.2) is 47.1 Å². The molecule has 1 fully saturated rings. The molecule has 1 saturated carbocycles. The Balaban J connectivity index is 1.83. The van der Waals surface area contributed by atoms with E-state index in [1.807, 2.05) is 38.1 Å². The SMILES string of the molecule is CCCCN(C(=O)CNC(=O)c1ccco1)C(C(=O)NC1CCCC1)c1ccccc1C. The van der Waals surface area contributed by atoms with Gasteiger partial charge in [-0.15, -0.1) is 0 Å². The minimum absolute atomic E-state index is 0.146. The number of benzene rings is 1. The first-order valence-corrected chi connectivity index (χ1v) is 11.5. The minimum atomic E-state index is -0.739. The van der Waals surface area contributed by atoms with Gasteiger partial charge in [0.2, 0.25) is 11.8 Å². The Bertz CT molecular complexity index is 904. The molecule has 1 aliphatic rings. The molecule has 1 aromatic carbocycles. The van der Waals surface area contributed by atoms with E-state index in [-0.39, 0.29) is 30.2 Å². The summed E-state index contributed by atoms with van der Waals surface area (Å²) in [6, 6.07) is 10.2. The Morgan fingerprint density at radius 3 is 2.53 bits per heavy atom. The zero-order valence-electron chi connectivity index (χ0n) is 18.9. The van der Waals surface area contributed by atoms with Crippen LogP contribution < -0.4 is 10.6 Å². The van der Waals surface area contributed by atoms with Crippen molar-refractivity contribution in [1.29, 1.82) is 0 Å². The highest BCUT2D eigenvalue weighted by atomic mass is 16.3. The number of furan rings is 1. The molecule has 0 aliphatic heterocycles. The third-order valence-corrected chi connectivity index (χ3v) is 5.96. The molecule has 0 saturated heterocycles. The minimum Gasteiger partial charge on any atom is -0.459 e. The number of unbranched alkanes of at least 4 members (excludes halogenated alkanes) is 1. The molecular weight excluding hydrogens is 406 g/mol. The van der Waals surface area contributed by atoms with Gasteiger partial charge in [0.1, 0.15) is 6.04 Å². The fourth-order valence-corrected chi connectivity index (χ4v) is 4.17. The summed E-state index contributed by atoms with van der Waals surface area (Å²) >= 11 is 0. The number of aryl methyl sites for hydroxylation is 1. The maximum Gasteiger partial charge on any atom is 0.287 e. The number of hydrogen-bond donors (Lipinski definition) is 2. The van der Waals surface area contributed by atoms with Gasteiger partial charge in [0.25, 0.3) is 5.91 Å². The van der Waals surface area contributed by atoms with E-state index in [1.165, 1.54) is 6.26 Å². The van der Waals surface area contributed by atoms with Gasteiger partial charge in [-0.1, -0.05) is 50.5 Å². The molecule has 3 amide bonds. The van der Waals surface area contributed by atoms with E-state index in [0.29, 0.717) is 6.54 Å². The quantitative estimate of drug-likeness (QED) is 0.590.